The van der Waals surface area contributed by atoms with E-state index in [-0.39, 0.29) is 18.1 Å². The van der Waals surface area contributed by atoms with Crippen molar-refractivity contribution < 1.29 is 9.84 Å². The summed E-state index contributed by atoms with van der Waals surface area (Å²) >= 11 is 0. The van der Waals surface area contributed by atoms with Crippen LogP contribution in [0, 0.1) is 23.2 Å². The van der Waals surface area contributed by atoms with Crippen LogP contribution >= 0.6 is 0 Å². The van der Waals surface area contributed by atoms with Gasteiger partial charge in [0.25, 0.3) is 0 Å². The molecule has 0 unspecified atom stereocenters. The minimum absolute atomic E-state index is 0.115. The highest BCUT2D eigenvalue weighted by molar-refractivity contribution is 5.08. The fourth-order valence-corrected chi connectivity index (χ4v) is 4.57. The third-order valence-corrected chi connectivity index (χ3v) is 5.66. The molecule has 2 heteroatoms. The van der Waals surface area contributed by atoms with Crippen LogP contribution in [-0.4, -0.2) is 23.9 Å². The standard InChI is InChI=1S/C17H28O2/c1-17(2,11-18)16-14-9-4-3-7-12(14)13-8-5-6-10-15(13)19-16/h3,7,12-16,18H,4-6,8-11H2,1-2H3/t12-,13-,14+,15+,16+/m1/s1. The largest absolute Gasteiger partial charge is 0.396 e. The molecular weight excluding hydrogens is 236 g/mol. The maximum atomic E-state index is 9.73. The van der Waals surface area contributed by atoms with Gasteiger partial charge in [-0.05, 0) is 43.4 Å². The van der Waals surface area contributed by atoms with E-state index in [2.05, 4.69) is 26.0 Å². The zero-order valence-electron chi connectivity index (χ0n) is 12.3. The Bertz CT molecular complexity index is 347. The van der Waals surface area contributed by atoms with Gasteiger partial charge in [0.05, 0.1) is 18.8 Å². The lowest BCUT2D eigenvalue weighted by atomic mass is 9.62. The van der Waals surface area contributed by atoms with Crippen molar-refractivity contribution in [3.05, 3.63) is 12.2 Å². The molecule has 0 spiro atoms. The van der Waals surface area contributed by atoms with E-state index in [9.17, 15) is 5.11 Å². The number of ether oxygens (including phenoxy) is 1. The zero-order chi connectivity index (χ0) is 13.5. The summed E-state index contributed by atoms with van der Waals surface area (Å²) < 4.78 is 6.52. The second kappa shape index (κ2) is 5.21. The maximum Gasteiger partial charge on any atom is 0.0685 e. The van der Waals surface area contributed by atoms with Crippen LogP contribution < -0.4 is 0 Å². The van der Waals surface area contributed by atoms with Crippen LogP contribution in [0.5, 0.6) is 0 Å². The summed E-state index contributed by atoms with van der Waals surface area (Å²) in [4.78, 5) is 0. The van der Waals surface area contributed by atoms with E-state index in [4.69, 9.17) is 4.74 Å². The Kier molecular flexibility index (Phi) is 3.74. The Morgan fingerprint density at radius 3 is 2.74 bits per heavy atom. The number of aliphatic hydroxyl groups excluding tert-OH is 1. The average Bonchev–Trinajstić information content (AvgIpc) is 2.46. The Morgan fingerprint density at radius 1 is 1.16 bits per heavy atom. The molecule has 1 saturated carbocycles. The molecule has 19 heavy (non-hydrogen) atoms. The van der Waals surface area contributed by atoms with Crippen molar-refractivity contribution in [2.24, 2.45) is 23.2 Å². The van der Waals surface area contributed by atoms with E-state index < -0.39 is 0 Å². The summed E-state index contributed by atoms with van der Waals surface area (Å²) in [7, 11) is 0. The Morgan fingerprint density at radius 2 is 1.95 bits per heavy atom. The molecule has 108 valence electrons. The van der Waals surface area contributed by atoms with Crippen molar-refractivity contribution in [2.75, 3.05) is 6.61 Å². The van der Waals surface area contributed by atoms with Gasteiger partial charge in [0, 0.05) is 5.41 Å². The summed E-state index contributed by atoms with van der Waals surface area (Å²) in [5.74, 6) is 2.05. The number of aliphatic hydroxyl groups is 1. The van der Waals surface area contributed by atoms with Gasteiger partial charge in [-0.3, -0.25) is 0 Å². The number of hydrogen-bond acceptors (Lipinski definition) is 2. The number of fused-ring (bicyclic) bond motifs is 3. The van der Waals surface area contributed by atoms with Gasteiger partial charge in [0.1, 0.15) is 0 Å². The van der Waals surface area contributed by atoms with E-state index in [0.29, 0.717) is 17.9 Å². The molecular formula is C17H28O2. The van der Waals surface area contributed by atoms with Crippen LogP contribution in [0.4, 0.5) is 0 Å². The lowest BCUT2D eigenvalue weighted by Gasteiger charge is -2.53. The minimum atomic E-state index is -0.115. The van der Waals surface area contributed by atoms with Gasteiger partial charge in [-0.1, -0.05) is 38.8 Å². The van der Waals surface area contributed by atoms with Gasteiger partial charge in [-0.2, -0.15) is 0 Å². The van der Waals surface area contributed by atoms with E-state index in [1.54, 1.807) is 0 Å². The summed E-state index contributed by atoms with van der Waals surface area (Å²) in [5, 5.41) is 9.73. The quantitative estimate of drug-likeness (QED) is 0.773. The first-order valence-corrected chi connectivity index (χ1v) is 8.06. The molecule has 2 fully saturated rings. The highest BCUT2D eigenvalue weighted by Crippen LogP contribution is 2.50. The zero-order valence-corrected chi connectivity index (χ0v) is 12.3. The molecule has 0 aromatic heterocycles. The first-order valence-electron chi connectivity index (χ1n) is 8.06. The first-order chi connectivity index (χ1) is 9.13. The third kappa shape index (κ3) is 2.38. The first kappa shape index (κ1) is 13.6. The molecule has 0 aromatic rings. The van der Waals surface area contributed by atoms with Crippen LogP contribution in [0.1, 0.15) is 52.4 Å². The lowest BCUT2D eigenvalue weighted by Crippen LogP contribution is -2.54. The molecule has 3 aliphatic rings. The van der Waals surface area contributed by atoms with Crippen LogP contribution in [0.15, 0.2) is 12.2 Å². The summed E-state index contributed by atoms with van der Waals surface area (Å²) in [6, 6.07) is 0. The number of hydrogen-bond donors (Lipinski definition) is 1. The monoisotopic (exact) mass is 264 g/mol. The van der Waals surface area contributed by atoms with E-state index in [1.807, 2.05) is 0 Å². The van der Waals surface area contributed by atoms with E-state index >= 15 is 0 Å². The molecule has 0 amide bonds. The van der Waals surface area contributed by atoms with Crippen LogP contribution in [0.3, 0.4) is 0 Å². The van der Waals surface area contributed by atoms with Crippen molar-refractivity contribution in [3.63, 3.8) is 0 Å². The van der Waals surface area contributed by atoms with E-state index in [1.165, 1.54) is 38.5 Å². The molecule has 1 aliphatic heterocycles. The smallest absolute Gasteiger partial charge is 0.0685 e. The van der Waals surface area contributed by atoms with Gasteiger partial charge in [-0.25, -0.2) is 0 Å². The molecule has 2 nitrogen and oxygen atoms in total. The van der Waals surface area contributed by atoms with Crippen LogP contribution in [0.2, 0.25) is 0 Å². The second-order valence-electron chi connectivity index (χ2n) is 7.44. The molecule has 0 aromatic carbocycles. The van der Waals surface area contributed by atoms with Crippen molar-refractivity contribution in [2.45, 2.75) is 64.6 Å². The van der Waals surface area contributed by atoms with Crippen LogP contribution in [0.25, 0.3) is 0 Å². The number of allylic oxidation sites excluding steroid dienone is 2. The molecule has 2 aliphatic carbocycles. The minimum Gasteiger partial charge on any atom is -0.396 e. The normalized spacial score (nSPS) is 42.6. The second-order valence-corrected chi connectivity index (χ2v) is 7.44. The fraction of sp³-hybridized carbons (Fsp3) is 0.882. The summed E-state index contributed by atoms with van der Waals surface area (Å²) in [5.41, 5.74) is -0.115. The van der Waals surface area contributed by atoms with Crippen molar-refractivity contribution in [1.29, 1.82) is 0 Å². The fourth-order valence-electron chi connectivity index (χ4n) is 4.57. The SMILES string of the molecule is CC(C)(CO)[C@H]1O[C@H]2CCCC[C@@H]2[C@H]2C=CCC[C@@H]21. The molecule has 0 bridgehead atoms. The predicted molar refractivity (Wildman–Crippen MR) is 76.8 cm³/mol. The highest BCUT2D eigenvalue weighted by Gasteiger charge is 2.49. The molecule has 1 N–H and O–H groups in total. The molecule has 5 atom stereocenters. The Labute approximate surface area is 117 Å². The molecule has 0 radical (unpaired) electrons. The third-order valence-electron chi connectivity index (χ3n) is 5.66. The topological polar surface area (TPSA) is 29.5 Å². The van der Waals surface area contributed by atoms with Crippen LogP contribution in [-0.2, 0) is 4.74 Å². The van der Waals surface area contributed by atoms with Gasteiger partial charge in [0.2, 0.25) is 0 Å². The Balaban J connectivity index is 1.88. The van der Waals surface area contributed by atoms with Gasteiger partial charge < -0.3 is 9.84 Å². The summed E-state index contributed by atoms with van der Waals surface area (Å²) in [6.07, 6.45) is 13.2. The molecule has 3 rings (SSSR count). The van der Waals surface area contributed by atoms with Gasteiger partial charge in [-0.15, -0.1) is 0 Å². The van der Waals surface area contributed by atoms with Crippen molar-refractivity contribution >= 4 is 0 Å². The molecule has 1 saturated heterocycles. The van der Waals surface area contributed by atoms with Crippen molar-refractivity contribution in [1.82, 2.24) is 0 Å². The lowest BCUT2D eigenvalue weighted by molar-refractivity contribution is -0.195. The van der Waals surface area contributed by atoms with Gasteiger partial charge >= 0.3 is 0 Å². The summed E-state index contributed by atoms with van der Waals surface area (Å²) in [6.45, 7) is 4.55. The molecule has 1 heterocycles. The maximum absolute atomic E-state index is 9.73. The van der Waals surface area contributed by atoms with E-state index in [0.717, 1.165) is 5.92 Å². The Hall–Kier alpha value is -0.340. The highest BCUT2D eigenvalue weighted by atomic mass is 16.5. The van der Waals surface area contributed by atoms with Gasteiger partial charge in [0.15, 0.2) is 0 Å². The average molecular weight is 264 g/mol. The predicted octanol–water partition coefficient (Wildman–Crippen LogP) is 3.54. The number of rotatable bonds is 2. The van der Waals surface area contributed by atoms with Crippen molar-refractivity contribution in [3.8, 4) is 0 Å².